The molecule has 0 atom stereocenters. The predicted octanol–water partition coefficient (Wildman–Crippen LogP) is 2.77. The van der Waals surface area contributed by atoms with Gasteiger partial charge in [-0.3, -0.25) is 4.90 Å². The highest BCUT2D eigenvalue weighted by Crippen LogP contribution is 2.34. The van der Waals surface area contributed by atoms with Crippen molar-refractivity contribution in [1.29, 1.82) is 0 Å². The Balaban J connectivity index is 1.29. The number of anilines is 1. The molecule has 0 aromatic heterocycles. The molecule has 6 nitrogen and oxygen atoms in total. The zero-order valence-electron chi connectivity index (χ0n) is 14.0. The number of carbonyl (C=O) groups is 1. The van der Waals surface area contributed by atoms with E-state index in [4.69, 9.17) is 9.47 Å². The van der Waals surface area contributed by atoms with Gasteiger partial charge >= 0.3 is 6.03 Å². The average Bonchev–Trinajstić information content (AvgIpc) is 3.11. The van der Waals surface area contributed by atoms with Gasteiger partial charge in [0.1, 0.15) is 0 Å². The lowest BCUT2D eigenvalue weighted by molar-refractivity contribution is 0.143. The largest absolute Gasteiger partial charge is 0.454 e. The number of ether oxygens (including phenoxy) is 2. The van der Waals surface area contributed by atoms with E-state index in [0.717, 1.165) is 38.4 Å². The van der Waals surface area contributed by atoms with Crippen molar-refractivity contribution in [1.82, 2.24) is 9.80 Å². The van der Waals surface area contributed by atoms with Gasteiger partial charge in [-0.05, 0) is 17.7 Å². The molecule has 2 aromatic rings. The Labute approximate surface area is 146 Å². The zero-order valence-corrected chi connectivity index (χ0v) is 14.0. The van der Waals surface area contributed by atoms with E-state index in [2.05, 4.69) is 34.5 Å². The van der Waals surface area contributed by atoms with Crippen LogP contribution in [0.3, 0.4) is 0 Å². The molecule has 1 N–H and O–H groups in total. The summed E-state index contributed by atoms with van der Waals surface area (Å²) in [5, 5.41) is 2.94. The molecule has 6 heteroatoms. The maximum absolute atomic E-state index is 12.5. The van der Waals surface area contributed by atoms with Gasteiger partial charge in [-0.1, -0.05) is 30.3 Å². The lowest BCUT2D eigenvalue weighted by Gasteiger charge is -2.34. The second-order valence-electron chi connectivity index (χ2n) is 6.25. The molecule has 1 saturated heterocycles. The van der Waals surface area contributed by atoms with Crippen LogP contribution in [0.5, 0.6) is 11.5 Å². The molecule has 25 heavy (non-hydrogen) atoms. The first-order valence-electron chi connectivity index (χ1n) is 8.50. The van der Waals surface area contributed by atoms with Crippen molar-refractivity contribution in [2.75, 3.05) is 38.3 Å². The number of urea groups is 1. The Bertz CT molecular complexity index is 743. The molecule has 2 aliphatic heterocycles. The van der Waals surface area contributed by atoms with E-state index in [1.807, 2.05) is 23.1 Å². The van der Waals surface area contributed by atoms with Crippen LogP contribution in [0.15, 0.2) is 48.5 Å². The first-order chi connectivity index (χ1) is 12.3. The second kappa shape index (κ2) is 7.03. The molecule has 0 aliphatic carbocycles. The van der Waals surface area contributed by atoms with Crippen molar-refractivity contribution in [2.24, 2.45) is 0 Å². The third-order valence-electron chi connectivity index (χ3n) is 4.53. The van der Waals surface area contributed by atoms with Crippen molar-refractivity contribution < 1.29 is 14.3 Å². The summed E-state index contributed by atoms with van der Waals surface area (Å²) < 4.78 is 10.6. The fourth-order valence-electron chi connectivity index (χ4n) is 3.13. The third kappa shape index (κ3) is 3.69. The van der Waals surface area contributed by atoms with E-state index >= 15 is 0 Å². The van der Waals surface area contributed by atoms with Crippen LogP contribution in [0.2, 0.25) is 0 Å². The summed E-state index contributed by atoms with van der Waals surface area (Å²) >= 11 is 0. The minimum atomic E-state index is -0.0711. The molecule has 1 fully saturated rings. The van der Waals surface area contributed by atoms with Gasteiger partial charge in [0.05, 0.1) is 0 Å². The topological polar surface area (TPSA) is 54.0 Å². The van der Waals surface area contributed by atoms with E-state index in [9.17, 15) is 4.79 Å². The van der Waals surface area contributed by atoms with Gasteiger partial charge in [-0.15, -0.1) is 0 Å². The SMILES string of the molecule is O=C(Nc1ccc2c(c1)OCO2)N1CCN(Cc2ccccc2)CC1. The number of rotatable bonds is 3. The fourth-order valence-corrected chi connectivity index (χ4v) is 3.13. The maximum atomic E-state index is 12.5. The number of benzene rings is 2. The van der Waals surface area contributed by atoms with Gasteiger partial charge < -0.3 is 19.7 Å². The van der Waals surface area contributed by atoms with E-state index in [1.165, 1.54) is 5.56 Å². The van der Waals surface area contributed by atoms with Crippen molar-refractivity contribution in [3.8, 4) is 11.5 Å². The van der Waals surface area contributed by atoms with Gasteiger partial charge in [0, 0.05) is 44.5 Å². The maximum Gasteiger partial charge on any atom is 0.321 e. The molecule has 130 valence electrons. The number of hydrogen-bond donors (Lipinski definition) is 1. The van der Waals surface area contributed by atoms with Gasteiger partial charge in [-0.25, -0.2) is 4.79 Å². The summed E-state index contributed by atoms with van der Waals surface area (Å²) in [6.07, 6.45) is 0. The van der Waals surface area contributed by atoms with E-state index < -0.39 is 0 Å². The Morgan fingerprint density at radius 2 is 1.72 bits per heavy atom. The quantitative estimate of drug-likeness (QED) is 0.934. The Hall–Kier alpha value is -2.73. The van der Waals surface area contributed by atoms with Crippen LogP contribution in [0.25, 0.3) is 0 Å². The number of nitrogens with one attached hydrogen (secondary N) is 1. The number of nitrogens with zero attached hydrogens (tertiary/aromatic N) is 2. The molecular weight excluding hydrogens is 318 g/mol. The van der Waals surface area contributed by atoms with Crippen LogP contribution in [0.4, 0.5) is 10.5 Å². The monoisotopic (exact) mass is 339 g/mol. The smallest absolute Gasteiger partial charge is 0.321 e. The molecule has 0 unspecified atom stereocenters. The lowest BCUT2D eigenvalue weighted by Crippen LogP contribution is -2.49. The Morgan fingerprint density at radius 3 is 2.52 bits per heavy atom. The summed E-state index contributed by atoms with van der Waals surface area (Å²) in [5.74, 6) is 1.39. The minimum Gasteiger partial charge on any atom is -0.454 e. The molecule has 0 radical (unpaired) electrons. The van der Waals surface area contributed by atoms with Crippen LogP contribution in [0, 0.1) is 0 Å². The summed E-state index contributed by atoms with van der Waals surface area (Å²) in [7, 11) is 0. The van der Waals surface area contributed by atoms with Gasteiger partial charge in [0.2, 0.25) is 6.79 Å². The molecule has 2 aromatic carbocycles. The molecule has 0 saturated carbocycles. The first kappa shape index (κ1) is 15.8. The van der Waals surface area contributed by atoms with Crippen molar-refractivity contribution in [3.63, 3.8) is 0 Å². The zero-order chi connectivity index (χ0) is 17.1. The molecule has 2 amide bonds. The van der Waals surface area contributed by atoms with Gasteiger partial charge in [0.25, 0.3) is 0 Å². The highest BCUT2D eigenvalue weighted by molar-refractivity contribution is 5.89. The average molecular weight is 339 g/mol. The number of hydrogen-bond acceptors (Lipinski definition) is 4. The molecule has 0 bridgehead atoms. The Morgan fingerprint density at radius 1 is 0.960 bits per heavy atom. The van der Waals surface area contributed by atoms with Crippen LogP contribution < -0.4 is 14.8 Å². The standard InChI is InChI=1S/C19H21N3O3/c23-19(20-16-6-7-17-18(12-16)25-14-24-17)22-10-8-21(9-11-22)13-15-4-2-1-3-5-15/h1-7,12H,8-11,13-14H2,(H,20,23). The van der Waals surface area contributed by atoms with Crippen molar-refractivity contribution in [2.45, 2.75) is 6.54 Å². The lowest BCUT2D eigenvalue weighted by atomic mass is 10.2. The number of fused-ring (bicyclic) bond motifs is 1. The minimum absolute atomic E-state index is 0.0711. The fraction of sp³-hybridized carbons (Fsp3) is 0.316. The number of amides is 2. The Kier molecular flexibility index (Phi) is 4.43. The van der Waals surface area contributed by atoms with Gasteiger partial charge in [0.15, 0.2) is 11.5 Å². The van der Waals surface area contributed by atoms with Gasteiger partial charge in [-0.2, -0.15) is 0 Å². The summed E-state index contributed by atoms with van der Waals surface area (Å²) in [4.78, 5) is 16.7. The van der Waals surface area contributed by atoms with E-state index in [-0.39, 0.29) is 12.8 Å². The van der Waals surface area contributed by atoms with Crippen molar-refractivity contribution >= 4 is 11.7 Å². The molecular formula is C19H21N3O3. The summed E-state index contributed by atoms with van der Waals surface area (Å²) in [5.41, 5.74) is 2.03. The molecule has 4 rings (SSSR count). The normalized spacial score (nSPS) is 16.7. The molecule has 2 aliphatic rings. The second-order valence-corrected chi connectivity index (χ2v) is 6.25. The first-order valence-corrected chi connectivity index (χ1v) is 8.50. The number of piperazine rings is 1. The highest BCUT2D eigenvalue weighted by atomic mass is 16.7. The van der Waals surface area contributed by atoms with Crippen LogP contribution in [-0.4, -0.2) is 48.8 Å². The van der Waals surface area contributed by atoms with Crippen molar-refractivity contribution in [3.05, 3.63) is 54.1 Å². The third-order valence-corrected chi connectivity index (χ3v) is 4.53. The predicted molar refractivity (Wildman–Crippen MR) is 94.9 cm³/mol. The van der Waals surface area contributed by atoms with Crippen LogP contribution in [-0.2, 0) is 6.54 Å². The summed E-state index contributed by atoms with van der Waals surface area (Å²) in [6, 6.07) is 15.8. The summed E-state index contributed by atoms with van der Waals surface area (Å²) in [6.45, 7) is 4.37. The van der Waals surface area contributed by atoms with E-state index in [1.54, 1.807) is 6.07 Å². The van der Waals surface area contributed by atoms with Crippen LogP contribution >= 0.6 is 0 Å². The van der Waals surface area contributed by atoms with Crippen LogP contribution in [0.1, 0.15) is 5.56 Å². The number of carbonyl (C=O) groups excluding carboxylic acids is 1. The van der Waals surface area contributed by atoms with E-state index in [0.29, 0.717) is 11.5 Å². The highest BCUT2D eigenvalue weighted by Gasteiger charge is 2.22. The molecule has 0 spiro atoms. The molecule has 2 heterocycles.